The second-order valence-electron chi connectivity index (χ2n) is 4.73. The minimum Gasteiger partial charge on any atom is -0.496 e. The van der Waals surface area contributed by atoms with Gasteiger partial charge in [0, 0.05) is 24.2 Å². The Bertz CT molecular complexity index is 576. The van der Waals surface area contributed by atoms with Gasteiger partial charge in [-0.1, -0.05) is 12.1 Å². The molecule has 0 fully saturated rings. The number of hydrogen-bond donors (Lipinski definition) is 1. The van der Waals surface area contributed by atoms with Gasteiger partial charge in [0.25, 0.3) is 0 Å². The molecular weight excluding hydrogens is 266 g/mol. The van der Waals surface area contributed by atoms with Crippen LogP contribution < -0.4 is 19.5 Å². The molecule has 112 valence electrons. The molecule has 1 atom stereocenters. The van der Waals surface area contributed by atoms with Crippen LogP contribution in [0.5, 0.6) is 23.0 Å². The average molecular weight is 287 g/mol. The van der Waals surface area contributed by atoms with Crippen molar-refractivity contribution in [2.75, 3.05) is 21.3 Å². The number of rotatable bonds is 6. The number of hydrogen-bond acceptors (Lipinski definition) is 4. The number of methoxy groups -OCH3 is 2. The highest BCUT2D eigenvalue weighted by molar-refractivity contribution is 5.44. The van der Waals surface area contributed by atoms with E-state index in [4.69, 9.17) is 14.2 Å². The summed E-state index contributed by atoms with van der Waals surface area (Å²) < 4.78 is 16.4. The van der Waals surface area contributed by atoms with Crippen LogP contribution in [0.4, 0.5) is 0 Å². The largest absolute Gasteiger partial charge is 0.496 e. The van der Waals surface area contributed by atoms with Gasteiger partial charge in [0.15, 0.2) is 0 Å². The van der Waals surface area contributed by atoms with Gasteiger partial charge in [-0.05, 0) is 31.7 Å². The average Bonchev–Trinajstić information content (AvgIpc) is 2.53. The van der Waals surface area contributed by atoms with Crippen molar-refractivity contribution in [3.05, 3.63) is 48.0 Å². The van der Waals surface area contributed by atoms with E-state index in [0.29, 0.717) is 17.2 Å². The lowest BCUT2D eigenvalue weighted by atomic mass is 10.1. The third-order valence-corrected chi connectivity index (χ3v) is 3.35. The molecule has 21 heavy (non-hydrogen) atoms. The van der Waals surface area contributed by atoms with E-state index in [1.165, 1.54) is 5.56 Å². The van der Waals surface area contributed by atoms with Gasteiger partial charge in [-0.3, -0.25) is 0 Å². The molecule has 4 heteroatoms. The summed E-state index contributed by atoms with van der Waals surface area (Å²) in [6.07, 6.45) is 0. The van der Waals surface area contributed by atoms with Crippen LogP contribution in [0.2, 0.25) is 0 Å². The van der Waals surface area contributed by atoms with Crippen molar-refractivity contribution in [3.63, 3.8) is 0 Å². The lowest BCUT2D eigenvalue weighted by Gasteiger charge is -2.13. The zero-order valence-electron chi connectivity index (χ0n) is 12.8. The monoisotopic (exact) mass is 287 g/mol. The topological polar surface area (TPSA) is 39.7 Å². The van der Waals surface area contributed by atoms with Crippen molar-refractivity contribution in [2.24, 2.45) is 0 Å². The molecule has 0 bridgehead atoms. The highest BCUT2D eigenvalue weighted by atomic mass is 16.5. The summed E-state index contributed by atoms with van der Waals surface area (Å²) in [7, 11) is 5.17. The van der Waals surface area contributed by atoms with Crippen LogP contribution in [-0.2, 0) is 0 Å². The van der Waals surface area contributed by atoms with Gasteiger partial charge < -0.3 is 19.5 Å². The number of benzene rings is 2. The molecule has 2 aromatic rings. The standard InChI is InChI=1S/C17H21NO3/c1-12(18-2)13-6-5-7-14(8-13)21-17-10-15(19-3)9-16(11-17)20-4/h5-12,18H,1-4H3. The molecule has 0 aliphatic rings. The zero-order valence-corrected chi connectivity index (χ0v) is 12.8. The third kappa shape index (κ3) is 3.89. The highest BCUT2D eigenvalue weighted by Crippen LogP contribution is 2.31. The maximum atomic E-state index is 5.91. The van der Waals surface area contributed by atoms with Crippen molar-refractivity contribution in [1.82, 2.24) is 5.32 Å². The summed E-state index contributed by atoms with van der Waals surface area (Å²) in [4.78, 5) is 0. The van der Waals surface area contributed by atoms with E-state index in [9.17, 15) is 0 Å². The molecule has 0 aliphatic heterocycles. The highest BCUT2D eigenvalue weighted by Gasteiger charge is 2.07. The summed E-state index contributed by atoms with van der Waals surface area (Å²) in [6, 6.07) is 13.7. The van der Waals surface area contributed by atoms with Crippen molar-refractivity contribution < 1.29 is 14.2 Å². The lowest BCUT2D eigenvalue weighted by molar-refractivity contribution is 0.386. The second-order valence-corrected chi connectivity index (χ2v) is 4.73. The molecule has 0 saturated carbocycles. The predicted molar refractivity (Wildman–Crippen MR) is 83.5 cm³/mol. The predicted octanol–water partition coefficient (Wildman–Crippen LogP) is 3.78. The summed E-state index contributed by atoms with van der Waals surface area (Å²) >= 11 is 0. The Morgan fingerprint density at radius 3 is 2.05 bits per heavy atom. The molecule has 2 rings (SSSR count). The van der Waals surface area contributed by atoms with Crippen LogP contribution in [0.1, 0.15) is 18.5 Å². The Kier molecular flexibility index (Phi) is 5.06. The first-order valence-electron chi connectivity index (χ1n) is 6.84. The maximum absolute atomic E-state index is 5.91. The molecule has 0 heterocycles. The van der Waals surface area contributed by atoms with Crippen LogP contribution in [-0.4, -0.2) is 21.3 Å². The van der Waals surface area contributed by atoms with Crippen LogP contribution in [0.3, 0.4) is 0 Å². The first-order chi connectivity index (χ1) is 10.2. The van der Waals surface area contributed by atoms with Crippen molar-refractivity contribution in [2.45, 2.75) is 13.0 Å². The van der Waals surface area contributed by atoms with Crippen molar-refractivity contribution >= 4 is 0 Å². The molecule has 2 aromatic carbocycles. The van der Waals surface area contributed by atoms with Crippen LogP contribution in [0, 0.1) is 0 Å². The molecule has 0 amide bonds. The zero-order chi connectivity index (χ0) is 15.2. The number of ether oxygens (including phenoxy) is 3. The smallest absolute Gasteiger partial charge is 0.134 e. The molecule has 0 aliphatic carbocycles. The lowest BCUT2D eigenvalue weighted by Crippen LogP contribution is -2.11. The summed E-state index contributed by atoms with van der Waals surface area (Å²) in [5.41, 5.74) is 1.17. The van der Waals surface area contributed by atoms with E-state index in [1.807, 2.05) is 43.4 Å². The summed E-state index contributed by atoms with van der Waals surface area (Å²) in [5, 5.41) is 3.21. The maximum Gasteiger partial charge on any atom is 0.134 e. The minimum atomic E-state index is 0.272. The second kappa shape index (κ2) is 6.99. The van der Waals surface area contributed by atoms with E-state index in [-0.39, 0.29) is 6.04 Å². The quantitative estimate of drug-likeness (QED) is 0.877. The van der Waals surface area contributed by atoms with E-state index in [0.717, 1.165) is 5.75 Å². The molecule has 1 unspecified atom stereocenters. The van der Waals surface area contributed by atoms with Gasteiger partial charge in [0.2, 0.25) is 0 Å². The van der Waals surface area contributed by atoms with Crippen LogP contribution in [0.25, 0.3) is 0 Å². The minimum absolute atomic E-state index is 0.272. The Morgan fingerprint density at radius 1 is 0.857 bits per heavy atom. The Balaban J connectivity index is 2.25. The number of nitrogens with one attached hydrogen (secondary N) is 1. The molecule has 0 saturated heterocycles. The Hall–Kier alpha value is -2.20. The van der Waals surface area contributed by atoms with Gasteiger partial charge in [-0.25, -0.2) is 0 Å². The summed E-state index contributed by atoms with van der Waals surface area (Å²) in [5.74, 6) is 2.86. The molecule has 0 aromatic heterocycles. The van der Waals surface area contributed by atoms with Crippen molar-refractivity contribution in [3.8, 4) is 23.0 Å². The fourth-order valence-corrected chi connectivity index (χ4v) is 1.99. The fourth-order valence-electron chi connectivity index (χ4n) is 1.99. The molecular formula is C17H21NO3. The van der Waals surface area contributed by atoms with E-state index in [2.05, 4.69) is 18.3 Å². The summed E-state index contributed by atoms with van der Waals surface area (Å²) in [6.45, 7) is 2.10. The Labute approximate surface area is 125 Å². The van der Waals surface area contributed by atoms with Crippen LogP contribution >= 0.6 is 0 Å². The molecule has 1 N–H and O–H groups in total. The van der Waals surface area contributed by atoms with E-state index in [1.54, 1.807) is 14.2 Å². The van der Waals surface area contributed by atoms with Gasteiger partial charge >= 0.3 is 0 Å². The molecule has 0 radical (unpaired) electrons. The normalized spacial score (nSPS) is 11.8. The van der Waals surface area contributed by atoms with Gasteiger partial charge in [-0.15, -0.1) is 0 Å². The molecule has 4 nitrogen and oxygen atoms in total. The fraction of sp³-hybridized carbons (Fsp3) is 0.294. The SMILES string of the molecule is CNC(C)c1cccc(Oc2cc(OC)cc(OC)c2)c1. The first kappa shape index (κ1) is 15.2. The van der Waals surface area contributed by atoms with Crippen LogP contribution in [0.15, 0.2) is 42.5 Å². The van der Waals surface area contributed by atoms with Crippen molar-refractivity contribution in [1.29, 1.82) is 0 Å². The van der Waals surface area contributed by atoms with E-state index >= 15 is 0 Å². The van der Waals surface area contributed by atoms with Gasteiger partial charge in [-0.2, -0.15) is 0 Å². The third-order valence-electron chi connectivity index (χ3n) is 3.35. The van der Waals surface area contributed by atoms with Gasteiger partial charge in [0.05, 0.1) is 14.2 Å². The Morgan fingerprint density at radius 2 is 1.48 bits per heavy atom. The molecule has 0 spiro atoms. The van der Waals surface area contributed by atoms with E-state index < -0.39 is 0 Å². The van der Waals surface area contributed by atoms with Gasteiger partial charge in [0.1, 0.15) is 23.0 Å². The first-order valence-corrected chi connectivity index (χ1v) is 6.84.